The Morgan fingerprint density at radius 1 is 0.925 bits per heavy atom. The second-order valence-electron chi connectivity index (χ2n) is 9.43. The highest BCUT2D eigenvalue weighted by molar-refractivity contribution is 9.10. The molecule has 0 fully saturated rings. The van der Waals surface area contributed by atoms with Gasteiger partial charge in [0.1, 0.15) is 5.75 Å². The van der Waals surface area contributed by atoms with Crippen molar-refractivity contribution in [3.8, 4) is 16.9 Å². The number of aromatic nitrogens is 1. The number of rotatable bonds is 5. The number of hydrazone groups is 1. The van der Waals surface area contributed by atoms with E-state index in [1.165, 1.54) is 5.01 Å². The zero-order valence-corrected chi connectivity index (χ0v) is 24.6. The van der Waals surface area contributed by atoms with E-state index >= 15 is 0 Å². The fourth-order valence-corrected chi connectivity index (χ4v) is 5.95. The van der Waals surface area contributed by atoms with Gasteiger partial charge in [0.05, 0.1) is 30.0 Å². The third-order valence-corrected chi connectivity index (χ3v) is 8.24. The molecule has 8 heteroatoms. The fourth-order valence-electron chi connectivity index (χ4n) is 5.14. The third-order valence-electron chi connectivity index (χ3n) is 7.05. The van der Waals surface area contributed by atoms with Gasteiger partial charge in [-0.25, -0.2) is 5.01 Å². The van der Waals surface area contributed by atoms with Crippen molar-refractivity contribution in [2.45, 2.75) is 12.5 Å². The molecule has 1 aliphatic rings. The number of benzene rings is 4. The lowest BCUT2D eigenvalue weighted by molar-refractivity contribution is 0.0710. The largest absolute Gasteiger partial charge is 0.497 e. The van der Waals surface area contributed by atoms with E-state index in [1.807, 2.05) is 91.0 Å². The van der Waals surface area contributed by atoms with Gasteiger partial charge in [0.15, 0.2) is 0 Å². The normalized spacial score (nSPS) is 14.8. The second kappa shape index (κ2) is 10.9. The first kappa shape index (κ1) is 26.2. The number of nitrogens with one attached hydrogen (secondary N) is 1. The van der Waals surface area contributed by atoms with Crippen molar-refractivity contribution in [2.75, 3.05) is 7.11 Å². The first-order valence-corrected chi connectivity index (χ1v) is 14.2. The molecule has 2 heterocycles. The molecule has 0 saturated heterocycles. The first-order valence-electron chi connectivity index (χ1n) is 12.7. The molecule has 1 atom stereocenters. The Bertz CT molecular complexity index is 1830. The van der Waals surface area contributed by atoms with Crippen LogP contribution in [0.5, 0.6) is 5.75 Å². The Morgan fingerprint density at radius 3 is 2.38 bits per heavy atom. The molecule has 1 amide bonds. The number of fused-ring (bicyclic) bond motifs is 1. The predicted molar refractivity (Wildman–Crippen MR) is 165 cm³/mol. The summed E-state index contributed by atoms with van der Waals surface area (Å²) in [5, 5.41) is 7.25. The molecule has 4 aromatic carbocycles. The number of carbonyl (C=O) groups is 1. The Balaban J connectivity index is 1.57. The van der Waals surface area contributed by atoms with Crippen LogP contribution < -0.4 is 10.3 Å². The monoisotopic (exact) mass is 655 g/mol. The number of halogens is 2. The highest BCUT2D eigenvalue weighted by atomic mass is 79.9. The van der Waals surface area contributed by atoms with Crippen LogP contribution in [0.3, 0.4) is 0 Å². The summed E-state index contributed by atoms with van der Waals surface area (Å²) < 4.78 is 6.92. The van der Waals surface area contributed by atoms with Crippen molar-refractivity contribution in [3.63, 3.8) is 0 Å². The van der Waals surface area contributed by atoms with Crippen molar-refractivity contribution >= 4 is 54.4 Å². The lowest BCUT2D eigenvalue weighted by atomic mass is 9.91. The molecule has 0 bridgehead atoms. The minimum absolute atomic E-state index is 0.254. The lowest BCUT2D eigenvalue weighted by Crippen LogP contribution is -2.27. The number of nitrogens with zero attached hydrogens (tertiary/aromatic N) is 2. The van der Waals surface area contributed by atoms with E-state index in [-0.39, 0.29) is 11.5 Å². The third kappa shape index (κ3) is 4.78. The Kier molecular flexibility index (Phi) is 7.12. The maximum Gasteiger partial charge on any atom is 0.275 e. The van der Waals surface area contributed by atoms with Crippen LogP contribution in [-0.4, -0.2) is 28.7 Å². The summed E-state index contributed by atoms with van der Waals surface area (Å²) in [6, 6.07) is 30.0. The Morgan fingerprint density at radius 2 is 1.65 bits per heavy atom. The van der Waals surface area contributed by atoms with Crippen LogP contribution in [0.15, 0.2) is 116 Å². The summed E-state index contributed by atoms with van der Waals surface area (Å²) in [5.41, 5.74) is 4.53. The number of H-pyrrole nitrogens is 1. The van der Waals surface area contributed by atoms with Gasteiger partial charge in [-0.05, 0) is 69.5 Å². The van der Waals surface area contributed by atoms with Crippen LogP contribution in [0.1, 0.15) is 33.9 Å². The van der Waals surface area contributed by atoms with Gasteiger partial charge in [0, 0.05) is 31.8 Å². The number of amides is 1. The summed E-state index contributed by atoms with van der Waals surface area (Å²) in [6.45, 7) is 0. The zero-order valence-electron chi connectivity index (χ0n) is 21.4. The molecule has 6 rings (SSSR count). The van der Waals surface area contributed by atoms with E-state index in [2.05, 4.69) is 36.8 Å². The molecule has 1 aliphatic heterocycles. The standard InChI is InChI=1S/C32H23Br2N3O3/c1-40-22-14-11-19(12-15-22)28-18-27(36-37(28)32(39)23-9-5-6-10-25(23)34)30-29(20-7-3-2-4-8-20)24-17-21(33)13-16-26(24)35-31(30)38/h2-17,28H,18H2,1H3,(H,35,38)/t28-/m0/s1. The molecule has 198 valence electrons. The quantitative estimate of drug-likeness (QED) is 0.210. The molecule has 0 saturated carbocycles. The van der Waals surface area contributed by atoms with Crippen LogP contribution in [-0.2, 0) is 0 Å². The van der Waals surface area contributed by atoms with Crippen LogP contribution in [0.25, 0.3) is 22.0 Å². The molecule has 1 N–H and O–H groups in total. The molecule has 0 radical (unpaired) electrons. The fraction of sp³-hybridized carbons (Fsp3) is 0.0938. The van der Waals surface area contributed by atoms with Gasteiger partial charge >= 0.3 is 0 Å². The number of hydrogen-bond acceptors (Lipinski definition) is 4. The van der Waals surface area contributed by atoms with Crippen molar-refractivity contribution in [3.05, 3.63) is 133 Å². The number of aromatic amines is 1. The smallest absolute Gasteiger partial charge is 0.275 e. The molecule has 1 aromatic heterocycles. The number of hydrogen-bond donors (Lipinski definition) is 1. The van der Waals surface area contributed by atoms with Gasteiger partial charge in [0.25, 0.3) is 11.5 Å². The molecule has 5 aromatic rings. The highest BCUT2D eigenvalue weighted by Gasteiger charge is 2.36. The molecule has 0 unspecified atom stereocenters. The van der Waals surface area contributed by atoms with Crippen molar-refractivity contribution in [1.82, 2.24) is 9.99 Å². The van der Waals surface area contributed by atoms with Crippen LogP contribution in [0, 0.1) is 0 Å². The van der Waals surface area contributed by atoms with Crippen molar-refractivity contribution in [2.24, 2.45) is 5.10 Å². The molecular formula is C32H23Br2N3O3. The van der Waals surface area contributed by atoms with E-state index < -0.39 is 6.04 Å². The number of carbonyl (C=O) groups excluding carboxylic acids is 1. The summed E-state index contributed by atoms with van der Waals surface area (Å²) in [6.07, 6.45) is 0.366. The molecular weight excluding hydrogens is 634 g/mol. The lowest BCUT2D eigenvalue weighted by Gasteiger charge is -2.22. The summed E-state index contributed by atoms with van der Waals surface area (Å²) in [5.74, 6) is 0.457. The molecule has 40 heavy (non-hydrogen) atoms. The molecule has 0 aliphatic carbocycles. The summed E-state index contributed by atoms with van der Waals surface area (Å²) in [4.78, 5) is 30.7. The zero-order chi connectivity index (χ0) is 27.8. The van der Waals surface area contributed by atoms with Gasteiger partial charge in [0.2, 0.25) is 0 Å². The molecule has 6 nitrogen and oxygen atoms in total. The van der Waals surface area contributed by atoms with Crippen LogP contribution in [0.4, 0.5) is 0 Å². The van der Waals surface area contributed by atoms with Gasteiger partial charge in [-0.2, -0.15) is 5.10 Å². The van der Waals surface area contributed by atoms with Crippen LogP contribution >= 0.6 is 31.9 Å². The minimum Gasteiger partial charge on any atom is -0.497 e. The van der Waals surface area contributed by atoms with E-state index in [4.69, 9.17) is 9.84 Å². The predicted octanol–water partition coefficient (Wildman–Crippen LogP) is 7.72. The Hall–Kier alpha value is -4.01. The van der Waals surface area contributed by atoms with Gasteiger partial charge < -0.3 is 9.72 Å². The minimum atomic E-state index is -0.415. The van der Waals surface area contributed by atoms with E-state index in [9.17, 15) is 9.59 Å². The second-order valence-corrected chi connectivity index (χ2v) is 11.2. The topological polar surface area (TPSA) is 74.8 Å². The van der Waals surface area contributed by atoms with E-state index in [1.54, 1.807) is 13.2 Å². The van der Waals surface area contributed by atoms with Gasteiger partial charge in [-0.3, -0.25) is 9.59 Å². The Labute approximate surface area is 247 Å². The number of ether oxygens (including phenoxy) is 1. The van der Waals surface area contributed by atoms with Crippen LogP contribution in [0.2, 0.25) is 0 Å². The van der Waals surface area contributed by atoms with Crippen molar-refractivity contribution in [1.29, 1.82) is 0 Å². The summed E-state index contributed by atoms with van der Waals surface area (Å²) in [7, 11) is 1.62. The number of pyridine rings is 1. The maximum absolute atomic E-state index is 13.9. The van der Waals surface area contributed by atoms with E-state index in [0.717, 1.165) is 37.8 Å². The highest BCUT2D eigenvalue weighted by Crippen LogP contribution is 2.39. The number of methoxy groups -OCH3 is 1. The van der Waals surface area contributed by atoms with Crippen molar-refractivity contribution < 1.29 is 9.53 Å². The van der Waals surface area contributed by atoms with Gasteiger partial charge in [-0.15, -0.1) is 0 Å². The average molecular weight is 657 g/mol. The van der Waals surface area contributed by atoms with E-state index in [0.29, 0.717) is 27.7 Å². The molecule has 0 spiro atoms. The average Bonchev–Trinajstić information content (AvgIpc) is 3.42. The maximum atomic E-state index is 13.9. The van der Waals surface area contributed by atoms with Gasteiger partial charge in [-0.1, -0.05) is 70.5 Å². The first-order chi connectivity index (χ1) is 19.4. The summed E-state index contributed by atoms with van der Waals surface area (Å²) >= 11 is 7.10. The SMILES string of the molecule is COc1ccc([C@@H]2CC(c3c(-c4ccccc4)c4cc(Br)ccc4[nH]c3=O)=NN2C(=O)c2ccccc2Br)cc1.